The summed E-state index contributed by atoms with van der Waals surface area (Å²) in [6, 6.07) is 10.7. The number of hydrogen-bond donors (Lipinski definition) is 1. The Kier molecular flexibility index (Phi) is 6.77. The van der Waals surface area contributed by atoms with Crippen molar-refractivity contribution in [3.05, 3.63) is 47.7 Å². The van der Waals surface area contributed by atoms with Gasteiger partial charge in [-0.25, -0.2) is 0 Å². The van der Waals surface area contributed by atoms with E-state index in [1.165, 1.54) is 11.1 Å². The Hall–Kier alpha value is -1.32. The first-order valence-corrected chi connectivity index (χ1v) is 8.07. The number of rotatable bonds is 8. The van der Waals surface area contributed by atoms with Crippen molar-refractivity contribution in [2.45, 2.75) is 45.3 Å². The fraction of sp³-hybridized carbons (Fsp3) is 0.556. The Morgan fingerprint density at radius 3 is 2.67 bits per heavy atom. The first-order valence-electron chi connectivity index (χ1n) is 8.07. The summed E-state index contributed by atoms with van der Waals surface area (Å²) < 4.78 is 11.6. The van der Waals surface area contributed by atoms with Gasteiger partial charge in [-0.15, -0.1) is 0 Å². The molecule has 0 fully saturated rings. The molecule has 1 aromatic carbocycles. The molecule has 3 nitrogen and oxygen atoms in total. The minimum Gasteiger partial charge on any atom is -0.501 e. The van der Waals surface area contributed by atoms with E-state index in [1.807, 2.05) is 12.3 Å². The van der Waals surface area contributed by atoms with Crippen molar-refractivity contribution in [1.82, 2.24) is 5.32 Å². The van der Waals surface area contributed by atoms with E-state index in [-0.39, 0.29) is 12.1 Å². The summed E-state index contributed by atoms with van der Waals surface area (Å²) >= 11 is 0. The van der Waals surface area contributed by atoms with Crippen LogP contribution < -0.4 is 5.32 Å². The highest BCUT2D eigenvalue weighted by atomic mass is 16.5. The molecule has 1 N–H and O–H groups in total. The van der Waals surface area contributed by atoms with Crippen LogP contribution in [0.2, 0.25) is 0 Å². The Balaban J connectivity index is 2.23. The average Bonchev–Trinajstić information content (AvgIpc) is 2.56. The van der Waals surface area contributed by atoms with Gasteiger partial charge in [0.05, 0.1) is 18.9 Å². The first-order chi connectivity index (χ1) is 10.4. The van der Waals surface area contributed by atoms with Gasteiger partial charge in [-0.1, -0.05) is 37.3 Å². The van der Waals surface area contributed by atoms with Crippen molar-refractivity contribution in [3.8, 4) is 0 Å². The van der Waals surface area contributed by atoms with E-state index >= 15 is 0 Å². The third-order valence-electron chi connectivity index (χ3n) is 3.75. The van der Waals surface area contributed by atoms with Crippen LogP contribution in [0.3, 0.4) is 0 Å². The lowest BCUT2D eigenvalue weighted by molar-refractivity contribution is 0.0390. The van der Waals surface area contributed by atoms with Gasteiger partial charge in [0.1, 0.15) is 6.10 Å². The fourth-order valence-electron chi connectivity index (χ4n) is 2.75. The molecular formula is C18H27NO2. The molecule has 0 saturated carbocycles. The summed E-state index contributed by atoms with van der Waals surface area (Å²) in [4.78, 5) is 0. The molecule has 2 unspecified atom stereocenters. The first kappa shape index (κ1) is 16.1. The summed E-state index contributed by atoms with van der Waals surface area (Å²) in [6.45, 7) is 6.76. The maximum atomic E-state index is 6.08. The van der Waals surface area contributed by atoms with Crippen LogP contribution in [-0.4, -0.2) is 25.8 Å². The zero-order valence-electron chi connectivity index (χ0n) is 13.2. The van der Waals surface area contributed by atoms with Gasteiger partial charge in [0, 0.05) is 6.61 Å². The minimum absolute atomic E-state index is 0.0377. The molecule has 1 heterocycles. The van der Waals surface area contributed by atoms with Gasteiger partial charge >= 0.3 is 0 Å². The monoisotopic (exact) mass is 289 g/mol. The normalized spacial score (nSPS) is 17.7. The van der Waals surface area contributed by atoms with Gasteiger partial charge in [0.25, 0.3) is 0 Å². The summed E-state index contributed by atoms with van der Waals surface area (Å²) in [5.74, 6) is 0. The van der Waals surface area contributed by atoms with Crippen molar-refractivity contribution in [2.24, 2.45) is 0 Å². The van der Waals surface area contributed by atoms with Gasteiger partial charge < -0.3 is 14.8 Å². The zero-order valence-corrected chi connectivity index (χ0v) is 13.2. The fourth-order valence-corrected chi connectivity index (χ4v) is 2.75. The Morgan fingerprint density at radius 2 is 2.05 bits per heavy atom. The lowest BCUT2D eigenvalue weighted by atomic mass is 9.92. The van der Waals surface area contributed by atoms with Gasteiger partial charge in [0.15, 0.2) is 0 Å². The molecule has 21 heavy (non-hydrogen) atoms. The molecule has 0 amide bonds. The average molecular weight is 289 g/mol. The molecule has 2 rings (SSSR count). The van der Waals surface area contributed by atoms with Crippen molar-refractivity contribution < 1.29 is 9.47 Å². The molecule has 0 saturated heterocycles. The number of nitrogens with one attached hydrogen (secondary N) is 1. The molecule has 0 radical (unpaired) electrons. The second kappa shape index (κ2) is 8.85. The third kappa shape index (κ3) is 4.58. The molecule has 0 bridgehead atoms. The second-order valence-electron chi connectivity index (χ2n) is 5.39. The Morgan fingerprint density at radius 1 is 1.24 bits per heavy atom. The molecule has 1 aromatic rings. The zero-order chi connectivity index (χ0) is 14.9. The van der Waals surface area contributed by atoms with E-state index in [4.69, 9.17) is 9.47 Å². The lowest BCUT2D eigenvalue weighted by Crippen LogP contribution is -2.39. The van der Waals surface area contributed by atoms with Crippen LogP contribution in [0.5, 0.6) is 0 Å². The SMILES string of the molecule is CCCNC(C1=COCCC1)C(OCC)c1ccccc1. The van der Waals surface area contributed by atoms with Crippen LogP contribution in [0, 0.1) is 0 Å². The van der Waals surface area contributed by atoms with E-state index in [1.54, 1.807) is 0 Å². The van der Waals surface area contributed by atoms with Crippen molar-refractivity contribution in [3.63, 3.8) is 0 Å². The summed E-state index contributed by atoms with van der Waals surface area (Å²) in [6.07, 6.45) is 5.25. The number of ether oxygens (including phenoxy) is 2. The van der Waals surface area contributed by atoms with Gasteiger partial charge in [-0.05, 0) is 43.9 Å². The number of benzene rings is 1. The maximum absolute atomic E-state index is 6.08. The van der Waals surface area contributed by atoms with E-state index in [2.05, 4.69) is 43.4 Å². The van der Waals surface area contributed by atoms with Gasteiger partial charge in [-0.2, -0.15) is 0 Å². The Bertz CT molecular complexity index is 430. The molecule has 116 valence electrons. The highest BCUT2D eigenvalue weighted by Gasteiger charge is 2.27. The predicted molar refractivity (Wildman–Crippen MR) is 86.2 cm³/mol. The van der Waals surface area contributed by atoms with E-state index in [0.29, 0.717) is 6.61 Å². The maximum Gasteiger partial charge on any atom is 0.102 e. The van der Waals surface area contributed by atoms with Crippen LogP contribution in [0.4, 0.5) is 0 Å². The molecule has 0 aromatic heterocycles. The minimum atomic E-state index is 0.0377. The molecule has 0 aliphatic carbocycles. The lowest BCUT2D eigenvalue weighted by Gasteiger charge is -2.31. The topological polar surface area (TPSA) is 30.5 Å². The molecule has 0 spiro atoms. The van der Waals surface area contributed by atoms with Crippen molar-refractivity contribution in [2.75, 3.05) is 19.8 Å². The highest BCUT2D eigenvalue weighted by molar-refractivity contribution is 5.24. The van der Waals surface area contributed by atoms with Crippen molar-refractivity contribution >= 4 is 0 Å². The molecule has 3 heteroatoms. The molecule has 1 aliphatic heterocycles. The molecule has 2 atom stereocenters. The van der Waals surface area contributed by atoms with E-state index < -0.39 is 0 Å². The van der Waals surface area contributed by atoms with Crippen LogP contribution in [-0.2, 0) is 9.47 Å². The second-order valence-corrected chi connectivity index (χ2v) is 5.39. The number of hydrogen-bond acceptors (Lipinski definition) is 3. The van der Waals surface area contributed by atoms with Gasteiger partial charge in [-0.3, -0.25) is 0 Å². The largest absolute Gasteiger partial charge is 0.501 e. The summed E-state index contributed by atoms with van der Waals surface area (Å²) in [5.41, 5.74) is 2.54. The third-order valence-corrected chi connectivity index (χ3v) is 3.75. The van der Waals surface area contributed by atoms with Crippen molar-refractivity contribution in [1.29, 1.82) is 0 Å². The van der Waals surface area contributed by atoms with E-state index in [9.17, 15) is 0 Å². The van der Waals surface area contributed by atoms with Crippen LogP contribution in [0.25, 0.3) is 0 Å². The summed E-state index contributed by atoms with van der Waals surface area (Å²) in [5, 5.41) is 3.65. The highest BCUT2D eigenvalue weighted by Crippen LogP contribution is 2.29. The quantitative estimate of drug-likeness (QED) is 0.789. The molecule has 1 aliphatic rings. The smallest absolute Gasteiger partial charge is 0.102 e. The van der Waals surface area contributed by atoms with Gasteiger partial charge in [0.2, 0.25) is 0 Å². The van der Waals surface area contributed by atoms with E-state index in [0.717, 1.165) is 32.4 Å². The Labute approximate surface area is 128 Å². The standard InChI is InChI=1S/C18H27NO2/c1-3-12-19-17(16-11-8-13-20-14-16)18(21-4-2)15-9-6-5-7-10-15/h5-7,9-10,14,17-19H,3-4,8,11-13H2,1-2H3. The van der Waals surface area contributed by atoms with Crippen LogP contribution in [0.15, 0.2) is 42.2 Å². The predicted octanol–water partition coefficient (Wildman–Crippen LogP) is 3.83. The molecular weight excluding hydrogens is 262 g/mol. The summed E-state index contributed by atoms with van der Waals surface area (Å²) in [7, 11) is 0. The van der Waals surface area contributed by atoms with Crippen LogP contribution >= 0.6 is 0 Å². The van der Waals surface area contributed by atoms with Crippen LogP contribution in [0.1, 0.15) is 44.8 Å².